The maximum atomic E-state index is 12.9. The number of carbonyl (C=O) groups excluding carboxylic acids is 1. The molecule has 27 heavy (non-hydrogen) atoms. The summed E-state index contributed by atoms with van der Waals surface area (Å²) in [6, 6.07) is 11.3. The van der Waals surface area contributed by atoms with Crippen LogP contribution in [-0.4, -0.2) is 71.0 Å². The highest BCUT2D eigenvalue weighted by Crippen LogP contribution is 2.48. The van der Waals surface area contributed by atoms with Crippen LogP contribution in [0.15, 0.2) is 30.3 Å². The van der Waals surface area contributed by atoms with E-state index in [0.717, 1.165) is 38.5 Å². The first-order valence-electron chi connectivity index (χ1n) is 9.98. The molecule has 2 aliphatic heterocycles. The molecule has 1 saturated carbocycles. The second-order valence-corrected chi connectivity index (χ2v) is 8.75. The molecule has 5 nitrogen and oxygen atoms in total. The number of carbonyl (C=O) groups is 2. The zero-order chi connectivity index (χ0) is 19.1. The lowest BCUT2D eigenvalue weighted by atomic mass is 10.1. The number of nitrogens with zero attached hydrogens (tertiary/aromatic N) is 2. The van der Waals surface area contributed by atoms with Crippen molar-refractivity contribution >= 4 is 24.1 Å². The summed E-state index contributed by atoms with van der Waals surface area (Å²) in [7, 11) is 0. The van der Waals surface area contributed by atoms with Gasteiger partial charge in [0.1, 0.15) is 0 Å². The number of hydrogen-bond acceptors (Lipinski definition) is 4. The van der Waals surface area contributed by atoms with Gasteiger partial charge in [0.05, 0.1) is 0 Å². The summed E-state index contributed by atoms with van der Waals surface area (Å²) in [5.74, 6) is 3.73. The molecule has 0 bridgehead atoms. The molecule has 1 aromatic rings. The zero-order valence-corrected chi connectivity index (χ0v) is 16.7. The number of carboxylic acid groups (broad SMARTS) is 1. The summed E-state index contributed by atoms with van der Waals surface area (Å²) in [5.41, 5.74) is 1.34. The Morgan fingerprint density at radius 2 is 1.78 bits per heavy atom. The second kappa shape index (κ2) is 10.1. The minimum absolute atomic E-state index is 0.241. The first-order chi connectivity index (χ1) is 13.2. The van der Waals surface area contributed by atoms with E-state index < -0.39 is 0 Å². The molecule has 2 atom stereocenters. The van der Waals surface area contributed by atoms with E-state index in [-0.39, 0.29) is 12.4 Å². The molecule has 0 aromatic heterocycles. The van der Waals surface area contributed by atoms with Crippen molar-refractivity contribution in [2.24, 2.45) is 5.92 Å². The van der Waals surface area contributed by atoms with Gasteiger partial charge in [-0.05, 0) is 48.7 Å². The van der Waals surface area contributed by atoms with Gasteiger partial charge in [0.25, 0.3) is 6.47 Å². The first kappa shape index (κ1) is 20.2. The van der Waals surface area contributed by atoms with Gasteiger partial charge in [0.15, 0.2) is 0 Å². The van der Waals surface area contributed by atoms with E-state index in [4.69, 9.17) is 9.90 Å². The van der Waals surface area contributed by atoms with Gasteiger partial charge in [-0.1, -0.05) is 30.3 Å². The standard InChI is InChI=1S/C20H28N2OS.CH2O2/c23-20(19-15-18(19)16-5-2-1-3-6-16)22-10-4-9-21(11-12-22)17-7-13-24-14-8-17;2-1-3/h1-3,5-6,17-19H,4,7-15H2;1H,(H,2,3)/t18-,19+;/m0./s1. The monoisotopic (exact) mass is 390 g/mol. The van der Waals surface area contributed by atoms with Crippen molar-refractivity contribution in [3.8, 4) is 0 Å². The van der Waals surface area contributed by atoms with E-state index in [9.17, 15) is 4.79 Å². The van der Waals surface area contributed by atoms with Crippen molar-refractivity contribution in [3.05, 3.63) is 35.9 Å². The van der Waals surface area contributed by atoms with Gasteiger partial charge < -0.3 is 10.0 Å². The third-order valence-corrected chi connectivity index (χ3v) is 6.93. The summed E-state index contributed by atoms with van der Waals surface area (Å²) < 4.78 is 0. The van der Waals surface area contributed by atoms with Crippen LogP contribution in [0.2, 0.25) is 0 Å². The van der Waals surface area contributed by atoms with Crippen LogP contribution < -0.4 is 0 Å². The Morgan fingerprint density at radius 3 is 2.48 bits per heavy atom. The van der Waals surface area contributed by atoms with E-state index >= 15 is 0 Å². The molecule has 148 valence electrons. The van der Waals surface area contributed by atoms with Gasteiger partial charge in [-0.15, -0.1) is 0 Å². The summed E-state index contributed by atoms with van der Waals surface area (Å²) in [4.78, 5) is 26.1. The van der Waals surface area contributed by atoms with Crippen LogP contribution in [-0.2, 0) is 9.59 Å². The average molecular weight is 391 g/mol. The molecule has 2 heterocycles. The van der Waals surface area contributed by atoms with E-state index in [2.05, 4.69) is 51.9 Å². The van der Waals surface area contributed by atoms with Gasteiger partial charge in [-0.25, -0.2) is 0 Å². The topological polar surface area (TPSA) is 60.9 Å². The molecule has 3 fully saturated rings. The lowest BCUT2D eigenvalue weighted by Gasteiger charge is -2.33. The third kappa shape index (κ3) is 5.48. The van der Waals surface area contributed by atoms with Crippen LogP contribution in [0.5, 0.6) is 0 Å². The van der Waals surface area contributed by atoms with Crippen LogP contribution in [0.1, 0.15) is 37.2 Å². The smallest absolute Gasteiger partial charge is 0.290 e. The quantitative estimate of drug-likeness (QED) is 0.804. The molecule has 3 aliphatic rings. The van der Waals surface area contributed by atoms with E-state index in [1.165, 1.54) is 36.5 Å². The number of hydrogen-bond donors (Lipinski definition) is 1. The molecule has 6 heteroatoms. The molecular formula is C21H30N2O3S. The molecule has 0 unspecified atom stereocenters. The summed E-state index contributed by atoms with van der Waals surface area (Å²) in [6.45, 7) is 3.88. The zero-order valence-electron chi connectivity index (χ0n) is 15.8. The maximum Gasteiger partial charge on any atom is 0.290 e. The molecule has 4 rings (SSSR count). The van der Waals surface area contributed by atoms with Crippen molar-refractivity contribution in [1.82, 2.24) is 9.80 Å². The Kier molecular flexibility index (Phi) is 7.59. The minimum atomic E-state index is -0.250. The lowest BCUT2D eigenvalue weighted by Crippen LogP contribution is -2.41. The number of thioether (sulfide) groups is 1. The molecule has 0 spiro atoms. The predicted octanol–water partition coefficient (Wildman–Crippen LogP) is 2.92. The lowest BCUT2D eigenvalue weighted by molar-refractivity contribution is -0.132. The van der Waals surface area contributed by atoms with Crippen LogP contribution in [0.3, 0.4) is 0 Å². The SMILES string of the molecule is O=C([C@@H]1C[C@H]1c1ccccc1)N1CCCN(C2CCSCC2)CC1.O=CO. The Hall–Kier alpha value is -1.53. The molecule has 1 aromatic carbocycles. The van der Waals surface area contributed by atoms with Crippen molar-refractivity contribution < 1.29 is 14.7 Å². The van der Waals surface area contributed by atoms with Gasteiger partial charge in [0, 0.05) is 38.1 Å². The highest BCUT2D eigenvalue weighted by molar-refractivity contribution is 7.99. The Balaban J connectivity index is 0.000000659. The molecule has 1 aliphatic carbocycles. The van der Waals surface area contributed by atoms with Gasteiger partial charge >= 0.3 is 0 Å². The fourth-order valence-corrected chi connectivity index (χ4v) is 5.43. The van der Waals surface area contributed by atoms with E-state index in [1.54, 1.807) is 0 Å². The van der Waals surface area contributed by atoms with Crippen molar-refractivity contribution in [1.29, 1.82) is 0 Å². The van der Waals surface area contributed by atoms with Gasteiger partial charge in [-0.3, -0.25) is 14.5 Å². The average Bonchev–Trinajstić information content (AvgIpc) is 3.53. The third-order valence-electron chi connectivity index (χ3n) is 5.88. The fourth-order valence-electron chi connectivity index (χ4n) is 4.34. The highest BCUT2D eigenvalue weighted by atomic mass is 32.2. The number of benzene rings is 1. The van der Waals surface area contributed by atoms with Crippen LogP contribution in [0, 0.1) is 5.92 Å². The number of amides is 1. The summed E-state index contributed by atoms with van der Waals surface area (Å²) in [5, 5.41) is 6.89. The van der Waals surface area contributed by atoms with Gasteiger partial charge in [0.2, 0.25) is 5.91 Å². The minimum Gasteiger partial charge on any atom is -0.483 e. The van der Waals surface area contributed by atoms with Crippen molar-refractivity contribution in [2.45, 2.75) is 37.6 Å². The van der Waals surface area contributed by atoms with Crippen molar-refractivity contribution in [2.75, 3.05) is 37.7 Å². The second-order valence-electron chi connectivity index (χ2n) is 7.52. The van der Waals surface area contributed by atoms with Gasteiger partial charge in [-0.2, -0.15) is 11.8 Å². The largest absolute Gasteiger partial charge is 0.483 e. The molecule has 0 radical (unpaired) electrons. The Morgan fingerprint density at radius 1 is 1.07 bits per heavy atom. The molecule has 1 amide bonds. The number of rotatable bonds is 3. The normalized spacial score (nSPS) is 26.4. The summed E-state index contributed by atoms with van der Waals surface area (Å²) in [6.07, 6.45) is 4.84. The van der Waals surface area contributed by atoms with E-state index in [0.29, 0.717) is 11.8 Å². The molecule has 2 saturated heterocycles. The van der Waals surface area contributed by atoms with E-state index in [1.807, 2.05) is 0 Å². The maximum absolute atomic E-state index is 12.9. The molecular weight excluding hydrogens is 360 g/mol. The van der Waals surface area contributed by atoms with Crippen LogP contribution >= 0.6 is 11.8 Å². The predicted molar refractivity (Wildman–Crippen MR) is 109 cm³/mol. The fraction of sp³-hybridized carbons (Fsp3) is 0.619. The Labute approximate surface area is 166 Å². The highest BCUT2D eigenvalue weighted by Gasteiger charge is 2.45. The van der Waals surface area contributed by atoms with Crippen LogP contribution in [0.25, 0.3) is 0 Å². The van der Waals surface area contributed by atoms with Crippen LogP contribution in [0.4, 0.5) is 0 Å². The first-order valence-corrected chi connectivity index (χ1v) is 11.1. The summed E-state index contributed by atoms with van der Waals surface area (Å²) >= 11 is 2.09. The Bertz CT molecular complexity index is 607. The molecule has 1 N–H and O–H groups in total. The van der Waals surface area contributed by atoms with Crippen molar-refractivity contribution in [3.63, 3.8) is 0 Å².